The minimum atomic E-state index is -0.150. The lowest BCUT2D eigenvalue weighted by atomic mass is 10.1. The van der Waals surface area contributed by atoms with Crippen molar-refractivity contribution < 1.29 is 9.53 Å². The van der Waals surface area contributed by atoms with Crippen LogP contribution in [0.25, 0.3) is 0 Å². The fourth-order valence-electron chi connectivity index (χ4n) is 3.06. The molecular formula is C21H25BrClN3O2. The van der Waals surface area contributed by atoms with E-state index in [0.717, 1.165) is 54.1 Å². The van der Waals surface area contributed by atoms with Gasteiger partial charge in [0.05, 0.1) is 0 Å². The number of carbonyl (C=O) groups is 1. The first-order valence-corrected chi connectivity index (χ1v) is 10.5. The van der Waals surface area contributed by atoms with Gasteiger partial charge < -0.3 is 15.0 Å². The molecule has 2 aromatic carbocycles. The van der Waals surface area contributed by atoms with E-state index in [1.54, 1.807) is 0 Å². The fraction of sp³-hybridized carbons (Fsp3) is 0.381. The van der Waals surface area contributed by atoms with E-state index in [1.165, 1.54) is 0 Å². The van der Waals surface area contributed by atoms with E-state index in [9.17, 15) is 4.79 Å². The molecule has 3 rings (SSSR count). The summed E-state index contributed by atoms with van der Waals surface area (Å²) in [5.41, 5.74) is 2.08. The molecule has 0 aliphatic carbocycles. The summed E-state index contributed by atoms with van der Waals surface area (Å²) in [6, 6.07) is 13.3. The second-order valence-electron chi connectivity index (χ2n) is 7.02. The normalized spacial score (nSPS) is 15.4. The maximum Gasteiger partial charge on any atom is 0.258 e. The summed E-state index contributed by atoms with van der Waals surface area (Å²) in [5.74, 6) is 0.604. The van der Waals surface area contributed by atoms with Crippen molar-refractivity contribution in [3.05, 3.63) is 63.1 Å². The first-order chi connectivity index (χ1) is 13.5. The molecule has 0 spiro atoms. The van der Waals surface area contributed by atoms with Crippen LogP contribution in [0.1, 0.15) is 11.1 Å². The number of benzene rings is 2. The van der Waals surface area contributed by atoms with Crippen LogP contribution in [-0.4, -0.2) is 55.5 Å². The Morgan fingerprint density at radius 1 is 1.14 bits per heavy atom. The monoisotopic (exact) mass is 465 g/mol. The van der Waals surface area contributed by atoms with Gasteiger partial charge in [0.1, 0.15) is 5.75 Å². The van der Waals surface area contributed by atoms with Crippen LogP contribution in [0, 0.1) is 0 Å². The van der Waals surface area contributed by atoms with Crippen molar-refractivity contribution in [1.29, 1.82) is 0 Å². The number of rotatable bonds is 7. The highest BCUT2D eigenvalue weighted by atomic mass is 79.9. The van der Waals surface area contributed by atoms with Gasteiger partial charge in [0.2, 0.25) is 0 Å². The van der Waals surface area contributed by atoms with Gasteiger partial charge in [-0.2, -0.15) is 0 Å². The Morgan fingerprint density at radius 3 is 2.57 bits per heavy atom. The first-order valence-electron chi connectivity index (χ1n) is 9.33. The number of likely N-dealkylation sites (N-methyl/N-ethyl adjacent to an activating group) is 1. The fourth-order valence-corrected chi connectivity index (χ4v) is 3.59. The van der Waals surface area contributed by atoms with E-state index in [4.69, 9.17) is 16.3 Å². The number of hydrogen-bond acceptors (Lipinski definition) is 4. The topological polar surface area (TPSA) is 44.8 Å². The van der Waals surface area contributed by atoms with E-state index in [1.807, 2.05) is 36.4 Å². The smallest absolute Gasteiger partial charge is 0.258 e. The SMILES string of the molecule is CN1CCN(Cc2cc(Br)ccc2OCC(=O)NCc2ccc(Cl)cc2)CC1. The van der Waals surface area contributed by atoms with Gasteiger partial charge in [0, 0.05) is 54.3 Å². The molecule has 150 valence electrons. The third kappa shape index (κ3) is 6.48. The zero-order valence-electron chi connectivity index (χ0n) is 16.0. The molecular weight excluding hydrogens is 442 g/mol. The number of nitrogens with one attached hydrogen (secondary N) is 1. The van der Waals surface area contributed by atoms with Crippen molar-refractivity contribution in [2.45, 2.75) is 13.1 Å². The molecule has 1 aliphatic heterocycles. The molecule has 5 nitrogen and oxygen atoms in total. The predicted octanol–water partition coefficient (Wildman–Crippen LogP) is 3.55. The molecule has 1 N–H and O–H groups in total. The van der Waals surface area contributed by atoms with E-state index in [-0.39, 0.29) is 12.5 Å². The van der Waals surface area contributed by atoms with Crippen LogP contribution in [0.5, 0.6) is 5.75 Å². The van der Waals surface area contributed by atoms with Crippen LogP contribution in [0.3, 0.4) is 0 Å². The highest BCUT2D eigenvalue weighted by Crippen LogP contribution is 2.25. The standard InChI is InChI=1S/C21H25BrClN3O2/c1-25-8-10-26(11-9-25)14-17-12-18(22)4-7-20(17)28-15-21(27)24-13-16-2-5-19(23)6-3-16/h2-7,12H,8-11,13-15H2,1H3,(H,24,27). The molecule has 0 unspecified atom stereocenters. The number of ether oxygens (including phenoxy) is 1. The van der Waals surface area contributed by atoms with Crippen LogP contribution in [0.4, 0.5) is 0 Å². The number of amides is 1. The second kappa shape index (κ2) is 10.3. The third-order valence-electron chi connectivity index (χ3n) is 4.77. The summed E-state index contributed by atoms with van der Waals surface area (Å²) in [7, 11) is 2.15. The minimum Gasteiger partial charge on any atom is -0.483 e. The van der Waals surface area contributed by atoms with Crippen LogP contribution in [0.15, 0.2) is 46.9 Å². The lowest BCUT2D eigenvalue weighted by Gasteiger charge is -2.32. The van der Waals surface area contributed by atoms with Gasteiger partial charge in [-0.3, -0.25) is 9.69 Å². The largest absolute Gasteiger partial charge is 0.483 e. The van der Waals surface area contributed by atoms with Gasteiger partial charge in [-0.15, -0.1) is 0 Å². The molecule has 1 amide bonds. The average Bonchev–Trinajstić information content (AvgIpc) is 2.69. The van der Waals surface area contributed by atoms with Crippen molar-refractivity contribution >= 4 is 33.4 Å². The number of halogens is 2. The van der Waals surface area contributed by atoms with E-state index in [2.05, 4.69) is 44.2 Å². The van der Waals surface area contributed by atoms with Gasteiger partial charge in [-0.25, -0.2) is 0 Å². The Balaban J connectivity index is 1.53. The average molecular weight is 467 g/mol. The summed E-state index contributed by atoms with van der Waals surface area (Å²) in [6.07, 6.45) is 0. The number of carbonyl (C=O) groups excluding carboxylic acids is 1. The molecule has 1 aliphatic rings. The van der Waals surface area contributed by atoms with Gasteiger partial charge in [0.25, 0.3) is 5.91 Å². The number of piperazine rings is 1. The molecule has 0 aromatic heterocycles. The van der Waals surface area contributed by atoms with E-state index >= 15 is 0 Å². The molecule has 0 radical (unpaired) electrons. The van der Waals surface area contributed by atoms with Crippen LogP contribution in [-0.2, 0) is 17.9 Å². The molecule has 2 aromatic rings. The number of hydrogen-bond donors (Lipinski definition) is 1. The van der Waals surface area contributed by atoms with E-state index < -0.39 is 0 Å². The molecule has 1 fully saturated rings. The molecule has 1 saturated heterocycles. The Bertz CT molecular complexity index is 793. The van der Waals surface area contributed by atoms with Gasteiger partial charge >= 0.3 is 0 Å². The quantitative estimate of drug-likeness (QED) is 0.678. The predicted molar refractivity (Wildman–Crippen MR) is 116 cm³/mol. The Morgan fingerprint density at radius 2 is 1.86 bits per heavy atom. The summed E-state index contributed by atoms with van der Waals surface area (Å²) in [4.78, 5) is 16.9. The molecule has 28 heavy (non-hydrogen) atoms. The van der Waals surface area contributed by atoms with Gasteiger partial charge in [0.15, 0.2) is 6.61 Å². The van der Waals surface area contributed by atoms with Crippen molar-refractivity contribution in [2.24, 2.45) is 0 Å². The molecule has 0 bridgehead atoms. The Labute approximate surface area is 179 Å². The summed E-state index contributed by atoms with van der Waals surface area (Å²) in [6.45, 7) is 5.45. The van der Waals surface area contributed by atoms with Crippen LogP contribution >= 0.6 is 27.5 Å². The molecule has 1 heterocycles. The first kappa shape index (κ1) is 21.1. The Kier molecular flexibility index (Phi) is 7.73. The minimum absolute atomic E-state index is 0.00897. The maximum atomic E-state index is 12.2. The Hall–Kier alpha value is -1.60. The highest BCUT2D eigenvalue weighted by Gasteiger charge is 2.16. The highest BCUT2D eigenvalue weighted by molar-refractivity contribution is 9.10. The van der Waals surface area contributed by atoms with Gasteiger partial charge in [-0.1, -0.05) is 39.7 Å². The lowest BCUT2D eigenvalue weighted by Crippen LogP contribution is -2.43. The zero-order chi connectivity index (χ0) is 19.9. The van der Waals surface area contributed by atoms with Crippen LogP contribution in [0.2, 0.25) is 5.02 Å². The molecule has 0 atom stereocenters. The van der Waals surface area contributed by atoms with E-state index in [0.29, 0.717) is 11.6 Å². The van der Waals surface area contributed by atoms with Crippen LogP contribution < -0.4 is 10.1 Å². The molecule has 7 heteroatoms. The van der Waals surface area contributed by atoms with Gasteiger partial charge in [-0.05, 0) is 42.9 Å². The molecule has 0 saturated carbocycles. The summed E-state index contributed by atoms with van der Waals surface area (Å²) in [5, 5.41) is 3.56. The summed E-state index contributed by atoms with van der Waals surface area (Å²) < 4.78 is 6.84. The third-order valence-corrected chi connectivity index (χ3v) is 5.52. The second-order valence-corrected chi connectivity index (χ2v) is 8.38. The lowest BCUT2D eigenvalue weighted by molar-refractivity contribution is -0.123. The van der Waals surface area contributed by atoms with Crippen molar-refractivity contribution in [2.75, 3.05) is 39.8 Å². The summed E-state index contributed by atoms with van der Waals surface area (Å²) >= 11 is 9.41. The maximum absolute atomic E-state index is 12.2. The van der Waals surface area contributed by atoms with Crippen molar-refractivity contribution in [1.82, 2.24) is 15.1 Å². The zero-order valence-corrected chi connectivity index (χ0v) is 18.3. The number of nitrogens with zero attached hydrogens (tertiary/aromatic N) is 2. The van der Waals surface area contributed by atoms with Crippen molar-refractivity contribution in [3.63, 3.8) is 0 Å². The van der Waals surface area contributed by atoms with Crippen molar-refractivity contribution in [3.8, 4) is 5.75 Å².